The highest BCUT2D eigenvalue weighted by Gasteiger charge is 2.16. The van der Waals surface area contributed by atoms with Crippen molar-refractivity contribution >= 4 is 11.6 Å². The van der Waals surface area contributed by atoms with Crippen LogP contribution in [0.2, 0.25) is 5.02 Å². The minimum atomic E-state index is -0.352. The van der Waals surface area contributed by atoms with E-state index < -0.39 is 0 Å². The van der Waals surface area contributed by atoms with Crippen molar-refractivity contribution in [2.75, 3.05) is 6.61 Å². The van der Waals surface area contributed by atoms with Crippen LogP contribution in [-0.4, -0.2) is 17.3 Å². The van der Waals surface area contributed by atoms with Crippen LogP contribution in [0.3, 0.4) is 0 Å². The molecule has 0 spiro atoms. The number of aliphatic hydroxyl groups excluding tert-OH is 1. The third kappa shape index (κ3) is 5.24. The number of hydrogen-bond donors (Lipinski definition) is 2. The molecule has 124 valence electrons. The van der Waals surface area contributed by atoms with Crippen molar-refractivity contribution < 1.29 is 9.84 Å². The molecule has 0 heterocycles. The molecule has 2 aromatic rings. The Labute approximate surface area is 143 Å². The predicted molar refractivity (Wildman–Crippen MR) is 95.0 cm³/mol. The van der Waals surface area contributed by atoms with E-state index in [1.54, 1.807) is 0 Å². The van der Waals surface area contributed by atoms with Crippen LogP contribution < -0.4 is 10.1 Å². The first kappa shape index (κ1) is 17.8. The van der Waals surface area contributed by atoms with Crippen molar-refractivity contribution in [2.24, 2.45) is 0 Å². The molecule has 2 rings (SSSR count). The quantitative estimate of drug-likeness (QED) is 0.802. The van der Waals surface area contributed by atoms with Gasteiger partial charge in [-0.25, -0.2) is 0 Å². The molecule has 0 aliphatic rings. The molecule has 0 radical (unpaired) electrons. The van der Waals surface area contributed by atoms with E-state index in [0.717, 1.165) is 16.9 Å². The van der Waals surface area contributed by atoms with Crippen molar-refractivity contribution in [1.29, 1.82) is 0 Å². The smallest absolute Gasteiger partial charge is 0.124 e. The van der Waals surface area contributed by atoms with Crippen LogP contribution in [0.15, 0.2) is 42.5 Å². The van der Waals surface area contributed by atoms with Crippen LogP contribution in [0.4, 0.5) is 0 Å². The molecule has 0 amide bonds. The maximum Gasteiger partial charge on any atom is 0.124 e. The summed E-state index contributed by atoms with van der Waals surface area (Å²) in [4.78, 5) is 0. The summed E-state index contributed by atoms with van der Waals surface area (Å²) in [6, 6.07) is 13.8. The molecule has 0 aliphatic carbocycles. The SMILES string of the molecule is Cc1ccccc1COc1ccc(Cl)cc1CNC(C)(C)CO. The van der Waals surface area contributed by atoms with Gasteiger partial charge in [-0.1, -0.05) is 35.9 Å². The van der Waals surface area contributed by atoms with Crippen LogP contribution in [-0.2, 0) is 13.2 Å². The summed E-state index contributed by atoms with van der Waals surface area (Å²) >= 11 is 6.11. The minimum absolute atomic E-state index is 0.0625. The summed E-state index contributed by atoms with van der Waals surface area (Å²) in [6.07, 6.45) is 0. The van der Waals surface area contributed by atoms with E-state index in [-0.39, 0.29) is 12.1 Å². The summed E-state index contributed by atoms with van der Waals surface area (Å²) in [5, 5.41) is 13.3. The minimum Gasteiger partial charge on any atom is -0.489 e. The second-order valence-corrected chi connectivity index (χ2v) is 6.80. The normalized spacial score (nSPS) is 11.5. The lowest BCUT2D eigenvalue weighted by Gasteiger charge is -2.24. The molecule has 23 heavy (non-hydrogen) atoms. The summed E-state index contributed by atoms with van der Waals surface area (Å²) in [5.74, 6) is 0.805. The lowest BCUT2D eigenvalue weighted by atomic mass is 10.1. The van der Waals surface area contributed by atoms with Crippen LogP contribution in [0.1, 0.15) is 30.5 Å². The van der Waals surface area contributed by atoms with Crippen molar-refractivity contribution in [3.63, 3.8) is 0 Å². The van der Waals surface area contributed by atoms with Gasteiger partial charge in [0.15, 0.2) is 0 Å². The molecule has 2 aromatic carbocycles. The van der Waals surface area contributed by atoms with Crippen LogP contribution >= 0.6 is 11.6 Å². The number of rotatable bonds is 7. The fourth-order valence-corrected chi connectivity index (χ4v) is 2.34. The molecule has 0 fully saturated rings. The topological polar surface area (TPSA) is 41.5 Å². The Balaban J connectivity index is 2.10. The lowest BCUT2D eigenvalue weighted by molar-refractivity contribution is 0.186. The van der Waals surface area contributed by atoms with Gasteiger partial charge in [0.2, 0.25) is 0 Å². The first-order valence-corrected chi connectivity index (χ1v) is 8.11. The van der Waals surface area contributed by atoms with Crippen molar-refractivity contribution in [3.05, 3.63) is 64.2 Å². The molecule has 3 nitrogen and oxygen atoms in total. The molecule has 0 aliphatic heterocycles. The number of halogens is 1. The second-order valence-electron chi connectivity index (χ2n) is 6.36. The number of hydrogen-bond acceptors (Lipinski definition) is 3. The zero-order chi connectivity index (χ0) is 16.9. The average Bonchev–Trinajstić information content (AvgIpc) is 2.53. The third-order valence-corrected chi connectivity index (χ3v) is 4.05. The van der Waals surface area contributed by atoms with E-state index in [1.165, 1.54) is 5.56 Å². The first-order valence-electron chi connectivity index (χ1n) is 7.73. The van der Waals surface area contributed by atoms with E-state index in [1.807, 2.05) is 44.2 Å². The van der Waals surface area contributed by atoms with Gasteiger partial charge in [-0.3, -0.25) is 0 Å². The summed E-state index contributed by atoms with van der Waals surface area (Å²) in [5.41, 5.74) is 3.00. The van der Waals surface area contributed by atoms with E-state index in [0.29, 0.717) is 18.2 Å². The van der Waals surface area contributed by atoms with Gasteiger partial charge >= 0.3 is 0 Å². The maximum atomic E-state index is 9.36. The summed E-state index contributed by atoms with van der Waals surface area (Å²) < 4.78 is 6.00. The Morgan fingerprint density at radius 2 is 1.87 bits per heavy atom. The largest absolute Gasteiger partial charge is 0.489 e. The van der Waals surface area contributed by atoms with Gasteiger partial charge in [0, 0.05) is 22.7 Å². The van der Waals surface area contributed by atoms with Crippen LogP contribution in [0, 0.1) is 6.92 Å². The number of nitrogens with one attached hydrogen (secondary N) is 1. The average molecular weight is 334 g/mol. The van der Waals surface area contributed by atoms with E-state index in [4.69, 9.17) is 16.3 Å². The van der Waals surface area contributed by atoms with Crippen LogP contribution in [0.25, 0.3) is 0 Å². The standard InChI is InChI=1S/C19H24ClNO2/c1-14-6-4-5-7-15(14)12-23-18-9-8-17(20)10-16(18)11-21-19(2,3)13-22/h4-10,21-22H,11-13H2,1-3H3. The molecule has 4 heteroatoms. The highest BCUT2D eigenvalue weighted by atomic mass is 35.5. The van der Waals surface area contributed by atoms with Gasteiger partial charge in [-0.15, -0.1) is 0 Å². The molecule has 0 atom stereocenters. The first-order chi connectivity index (χ1) is 10.9. The predicted octanol–water partition coefficient (Wildman–Crippen LogP) is 4.09. The lowest BCUT2D eigenvalue weighted by Crippen LogP contribution is -2.42. The van der Waals surface area contributed by atoms with Gasteiger partial charge in [0.1, 0.15) is 12.4 Å². The summed E-state index contributed by atoms with van der Waals surface area (Å²) in [6.45, 7) is 7.14. The number of benzene rings is 2. The number of aryl methyl sites for hydroxylation is 1. The molecule has 0 saturated heterocycles. The molecule has 0 bridgehead atoms. The van der Waals surface area contributed by atoms with E-state index in [2.05, 4.69) is 24.4 Å². The highest BCUT2D eigenvalue weighted by Crippen LogP contribution is 2.25. The Bertz CT molecular complexity index is 656. The number of ether oxygens (including phenoxy) is 1. The second kappa shape index (κ2) is 7.82. The fraction of sp³-hybridized carbons (Fsp3) is 0.368. The van der Waals surface area contributed by atoms with Crippen molar-refractivity contribution in [2.45, 2.75) is 39.5 Å². The van der Waals surface area contributed by atoms with E-state index >= 15 is 0 Å². The Kier molecular flexibility index (Phi) is 6.05. The van der Waals surface area contributed by atoms with E-state index in [9.17, 15) is 5.11 Å². The molecular weight excluding hydrogens is 310 g/mol. The molecule has 0 saturated carbocycles. The number of aliphatic hydroxyl groups is 1. The third-order valence-electron chi connectivity index (χ3n) is 3.82. The highest BCUT2D eigenvalue weighted by molar-refractivity contribution is 6.30. The van der Waals surface area contributed by atoms with Crippen molar-refractivity contribution in [1.82, 2.24) is 5.32 Å². The Morgan fingerprint density at radius 1 is 1.13 bits per heavy atom. The monoisotopic (exact) mass is 333 g/mol. The van der Waals surface area contributed by atoms with Crippen LogP contribution in [0.5, 0.6) is 5.75 Å². The van der Waals surface area contributed by atoms with Gasteiger partial charge in [-0.05, 0) is 50.1 Å². The Morgan fingerprint density at radius 3 is 2.57 bits per heavy atom. The Hall–Kier alpha value is -1.55. The van der Waals surface area contributed by atoms with Gasteiger partial charge < -0.3 is 15.2 Å². The zero-order valence-electron chi connectivity index (χ0n) is 13.9. The van der Waals surface area contributed by atoms with Gasteiger partial charge in [0.25, 0.3) is 0 Å². The molecular formula is C19H24ClNO2. The van der Waals surface area contributed by atoms with Gasteiger partial charge in [-0.2, -0.15) is 0 Å². The summed E-state index contributed by atoms with van der Waals surface area (Å²) in [7, 11) is 0. The van der Waals surface area contributed by atoms with Crippen molar-refractivity contribution in [3.8, 4) is 5.75 Å². The maximum absolute atomic E-state index is 9.36. The molecule has 2 N–H and O–H groups in total. The molecule has 0 aromatic heterocycles. The molecule has 0 unspecified atom stereocenters. The van der Waals surface area contributed by atoms with Gasteiger partial charge in [0.05, 0.1) is 6.61 Å². The fourth-order valence-electron chi connectivity index (χ4n) is 2.14. The zero-order valence-corrected chi connectivity index (χ0v) is 14.7.